The molecule has 1 rings (SSSR count). The van der Waals surface area contributed by atoms with Crippen molar-refractivity contribution in [2.75, 3.05) is 0 Å². The van der Waals surface area contributed by atoms with E-state index < -0.39 is 11.4 Å². The summed E-state index contributed by atoms with van der Waals surface area (Å²) in [6.45, 7) is 5.61. The minimum atomic E-state index is -1.24. The molecule has 1 aromatic rings. The Hall–Kier alpha value is -0.390. The van der Waals surface area contributed by atoms with Crippen LogP contribution >= 0.6 is 15.9 Å². The first kappa shape index (κ1) is 14.7. The van der Waals surface area contributed by atoms with E-state index in [-0.39, 0.29) is 10.6 Å². The molecule has 17 heavy (non-hydrogen) atoms. The average Bonchev–Trinajstić information content (AvgIpc) is 2.19. The first-order valence-electron chi connectivity index (χ1n) is 5.19. The maximum absolute atomic E-state index is 12.8. The highest BCUT2D eigenvalue weighted by molar-refractivity contribution is 9.10. The van der Waals surface area contributed by atoms with Gasteiger partial charge in [0.1, 0.15) is 21.9 Å². The third-order valence-corrected chi connectivity index (χ3v) is 4.15. The van der Waals surface area contributed by atoms with Gasteiger partial charge in [-0.25, -0.2) is 4.39 Å². The van der Waals surface area contributed by atoms with Crippen LogP contribution in [0.2, 0.25) is 0 Å². The smallest absolute Gasteiger partial charge is 0.144 e. The summed E-state index contributed by atoms with van der Waals surface area (Å²) in [4.78, 5) is 0. The second-order valence-electron chi connectivity index (χ2n) is 4.59. The first-order chi connectivity index (χ1) is 7.80. The van der Waals surface area contributed by atoms with Crippen LogP contribution in [0.5, 0.6) is 0 Å². The van der Waals surface area contributed by atoms with Crippen molar-refractivity contribution >= 4 is 33.5 Å². The molecule has 0 bridgehead atoms. The van der Waals surface area contributed by atoms with E-state index in [0.717, 1.165) is 5.56 Å². The Balaban J connectivity index is 2.65. The lowest BCUT2D eigenvalue weighted by atomic mass is 10.2. The van der Waals surface area contributed by atoms with Crippen molar-refractivity contribution < 1.29 is 8.94 Å². The zero-order valence-electron chi connectivity index (χ0n) is 10.0. The van der Waals surface area contributed by atoms with E-state index in [1.807, 2.05) is 20.8 Å². The third-order valence-electron chi connectivity index (χ3n) is 2.02. The maximum Gasteiger partial charge on any atom is 0.144 e. The van der Waals surface area contributed by atoms with Crippen LogP contribution < -0.4 is 0 Å². The van der Waals surface area contributed by atoms with Crippen molar-refractivity contribution in [2.45, 2.75) is 31.9 Å². The molecule has 0 spiro atoms. The van der Waals surface area contributed by atoms with Gasteiger partial charge >= 0.3 is 0 Å². The monoisotopic (exact) mass is 319 g/mol. The molecule has 1 atom stereocenters. The summed E-state index contributed by atoms with van der Waals surface area (Å²) >= 11 is 2.03. The summed E-state index contributed by atoms with van der Waals surface area (Å²) in [6, 6.07) is 4.49. The van der Waals surface area contributed by atoms with Crippen LogP contribution in [0.3, 0.4) is 0 Å². The number of rotatable bonds is 3. The van der Waals surface area contributed by atoms with Gasteiger partial charge in [0.05, 0.1) is 6.21 Å². The Morgan fingerprint density at radius 2 is 2.12 bits per heavy atom. The number of benzene rings is 1. The van der Waals surface area contributed by atoms with Gasteiger partial charge in [-0.3, -0.25) is 0 Å². The molecule has 0 amide bonds. The molecule has 0 N–H and O–H groups in total. The molecule has 0 aliphatic rings. The van der Waals surface area contributed by atoms with E-state index in [1.54, 1.807) is 12.3 Å². The average molecular weight is 320 g/mol. The number of halogens is 2. The predicted molar refractivity (Wildman–Crippen MR) is 74.2 cm³/mol. The van der Waals surface area contributed by atoms with Crippen LogP contribution in [0, 0.1) is 5.82 Å². The Labute approximate surface area is 113 Å². The predicted octanol–water partition coefficient (Wildman–Crippen LogP) is 3.66. The lowest BCUT2D eigenvalue weighted by Crippen LogP contribution is -2.25. The molecule has 0 fully saturated rings. The van der Waals surface area contributed by atoms with Crippen LogP contribution in [-0.4, -0.2) is 15.5 Å². The highest BCUT2D eigenvalue weighted by Crippen LogP contribution is 2.19. The van der Waals surface area contributed by atoms with Crippen molar-refractivity contribution in [3.05, 3.63) is 34.1 Å². The fourth-order valence-corrected chi connectivity index (χ4v) is 2.09. The Bertz CT molecular complexity index is 417. The number of nitrogens with zero attached hydrogens (tertiary/aromatic N) is 1. The molecule has 0 aliphatic carbocycles. The van der Waals surface area contributed by atoms with Gasteiger partial charge in [-0.1, -0.05) is 26.4 Å². The minimum Gasteiger partial charge on any atom is -0.591 e. The lowest BCUT2D eigenvalue weighted by Gasteiger charge is -2.17. The molecule has 0 saturated carbocycles. The molecular weight excluding hydrogens is 305 g/mol. The summed E-state index contributed by atoms with van der Waals surface area (Å²) in [7, 11) is 0. The normalized spacial score (nSPS) is 14.2. The molecule has 1 aromatic carbocycles. The van der Waals surface area contributed by atoms with Gasteiger partial charge in [0, 0.05) is 10.9 Å². The van der Waals surface area contributed by atoms with E-state index in [2.05, 4.69) is 20.3 Å². The highest BCUT2D eigenvalue weighted by Gasteiger charge is 2.25. The third kappa shape index (κ3) is 4.77. The van der Waals surface area contributed by atoms with Gasteiger partial charge in [-0.05, 0) is 38.5 Å². The second-order valence-corrected chi connectivity index (χ2v) is 7.38. The van der Waals surface area contributed by atoms with Crippen molar-refractivity contribution in [3.63, 3.8) is 0 Å². The van der Waals surface area contributed by atoms with E-state index in [9.17, 15) is 8.94 Å². The second kappa shape index (κ2) is 5.98. The number of hydrogen-bond acceptors (Lipinski definition) is 2. The van der Waals surface area contributed by atoms with Gasteiger partial charge in [0.25, 0.3) is 0 Å². The quantitative estimate of drug-likeness (QED) is 0.618. The van der Waals surface area contributed by atoms with Crippen LogP contribution in [0.4, 0.5) is 4.39 Å². The molecule has 0 heterocycles. The van der Waals surface area contributed by atoms with Gasteiger partial charge in [0.2, 0.25) is 0 Å². The van der Waals surface area contributed by atoms with Crippen molar-refractivity contribution in [2.24, 2.45) is 4.40 Å². The first-order valence-corrected chi connectivity index (χ1v) is 7.09. The standard InChI is InChI=1S/C12H15BrFNOS/c1-12(2,3)17(16)15-7-6-9-4-5-10(14)8-11(9)13/h4-5,7-8H,6H2,1-3H3. The van der Waals surface area contributed by atoms with Crippen molar-refractivity contribution in [1.82, 2.24) is 0 Å². The minimum absolute atomic E-state index is 0.282. The fraction of sp³-hybridized carbons (Fsp3) is 0.417. The van der Waals surface area contributed by atoms with Crippen LogP contribution in [0.25, 0.3) is 0 Å². The largest absolute Gasteiger partial charge is 0.591 e. The zero-order valence-corrected chi connectivity index (χ0v) is 12.4. The Morgan fingerprint density at radius 3 is 2.65 bits per heavy atom. The Morgan fingerprint density at radius 1 is 1.47 bits per heavy atom. The summed E-state index contributed by atoms with van der Waals surface area (Å²) < 4.78 is 28.8. The molecule has 0 aromatic heterocycles. The molecule has 1 unspecified atom stereocenters. The van der Waals surface area contributed by atoms with Gasteiger partial charge in [-0.15, -0.1) is 0 Å². The maximum atomic E-state index is 12.8. The summed E-state index contributed by atoms with van der Waals surface area (Å²) in [5, 5.41) is 0. The summed E-state index contributed by atoms with van der Waals surface area (Å²) in [5.41, 5.74) is 0.918. The van der Waals surface area contributed by atoms with E-state index in [1.165, 1.54) is 12.1 Å². The molecule has 0 radical (unpaired) electrons. The molecule has 0 saturated heterocycles. The SMILES string of the molecule is CC(C)(C)[S+]([O-])N=CCc1ccc(F)cc1Br. The highest BCUT2D eigenvalue weighted by atomic mass is 79.9. The number of hydrogen-bond donors (Lipinski definition) is 0. The van der Waals surface area contributed by atoms with Gasteiger partial charge < -0.3 is 4.55 Å². The summed E-state index contributed by atoms with van der Waals surface area (Å²) in [5.74, 6) is -0.282. The molecule has 94 valence electrons. The zero-order chi connectivity index (χ0) is 13.1. The molecule has 2 nitrogen and oxygen atoms in total. The van der Waals surface area contributed by atoms with Crippen molar-refractivity contribution in [1.29, 1.82) is 0 Å². The fourth-order valence-electron chi connectivity index (χ4n) is 1.05. The molecule has 0 aliphatic heterocycles. The van der Waals surface area contributed by atoms with Crippen LogP contribution in [-0.2, 0) is 17.8 Å². The van der Waals surface area contributed by atoms with Crippen LogP contribution in [0.1, 0.15) is 26.3 Å². The van der Waals surface area contributed by atoms with Crippen LogP contribution in [0.15, 0.2) is 27.1 Å². The van der Waals surface area contributed by atoms with Gasteiger partial charge in [0.15, 0.2) is 0 Å². The van der Waals surface area contributed by atoms with E-state index in [0.29, 0.717) is 10.9 Å². The lowest BCUT2D eigenvalue weighted by molar-refractivity contribution is 0.561. The summed E-state index contributed by atoms with van der Waals surface area (Å²) in [6.07, 6.45) is 2.14. The van der Waals surface area contributed by atoms with E-state index >= 15 is 0 Å². The van der Waals surface area contributed by atoms with Crippen molar-refractivity contribution in [3.8, 4) is 0 Å². The molecular formula is C12H15BrFNOS. The topological polar surface area (TPSA) is 35.4 Å². The van der Waals surface area contributed by atoms with Gasteiger partial charge in [-0.2, -0.15) is 0 Å². The molecule has 5 heteroatoms. The Kier molecular flexibility index (Phi) is 5.16. The van der Waals surface area contributed by atoms with E-state index in [4.69, 9.17) is 0 Å².